The minimum atomic E-state index is -0.866. The van der Waals surface area contributed by atoms with E-state index < -0.39 is 24.0 Å². The summed E-state index contributed by atoms with van der Waals surface area (Å²) in [6.45, 7) is 1.03. The Morgan fingerprint density at radius 2 is 1.10 bits per heavy atom. The fourth-order valence-electron chi connectivity index (χ4n) is 2.81. The third-order valence-corrected chi connectivity index (χ3v) is 6.74. The summed E-state index contributed by atoms with van der Waals surface area (Å²) in [6, 6.07) is 18.7. The van der Waals surface area contributed by atoms with Gasteiger partial charge in [-0.15, -0.1) is 0 Å². The van der Waals surface area contributed by atoms with Crippen LogP contribution in [0.1, 0.15) is 17.5 Å². The Bertz CT molecular complexity index is 712. The van der Waals surface area contributed by atoms with E-state index in [1.165, 1.54) is 11.1 Å². The van der Waals surface area contributed by atoms with Crippen molar-refractivity contribution in [2.45, 2.75) is 30.0 Å². The van der Waals surface area contributed by atoms with Crippen LogP contribution >= 0.6 is 23.5 Å². The molecule has 0 saturated carbocycles. The van der Waals surface area contributed by atoms with Crippen molar-refractivity contribution in [2.24, 2.45) is 0 Å². The smallest absolute Gasteiger partial charge is 0.321 e. The summed E-state index contributed by atoms with van der Waals surface area (Å²) in [6.07, 6.45) is 0.653. The van der Waals surface area contributed by atoms with Gasteiger partial charge in [-0.25, -0.2) is 0 Å². The molecule has 0 radical (unpaired) electrons. The fraction of sp³-hybridized carbons (Fsp3) is 0.391. The lowest BCUT2D eigenvalue weighted by atomic mass is 10.2. The highest BCUT2D eigenvalue weighted by molar-refractivity contribution is 7.98. The zero-order valence-electron chi connectivity index (χ0n) is 17.4. The van der Waals surface area contributed by atoms with Crippen LogP contribution in [0.5, 0.6) is 0 Å². The van der Waals surface area contributed by atoms with Gasteiger partial charge in [0.2, 0.25) is 0 Å². The number of nitrogens with one attached hydrogen (secondary N) is 2. The van der Waals surface area contributed by atoms with Gasteiger partial charge in [-0.05, 0) is 30.6 Å². The molecule has 2 aromatic rings. The van der Waals surface area contributed by atoms with Crippen molar-refractivity contribution in [3.05, 3.63) is 71.8 Å². The van der Waals surface area contributed by atoms with Crippen molar-refractivity contribution in [1.82, 2.24) is 10.6 Å². The van der Waals surface area contributed by atoms with Gasteiger partial charge in [-0.1, -0.05) is 60.7 Å². The summed E-state index contributed by atoms with van der Waals surface area (Å²) in [7, 11) is 0. The molecule has 0 heterocycles. The van der Waals surface area contributed by atoms with E-state index >= 15 is 0 Å². The maximum atomic E-state index is 11.5. The number of hydrogen-bond donors (Lipinski definition) is 4. The number of carbonyl (C=O) groups is 2. The average molecular weight is 463 g/mol. The van der Waals surface area contributed by atoms with Crippen molar-refractivity contribution in [2.75, 3.05) is 24.6 Å². The molecule has 0 unspecified atom stereocenters. The second-order valence-corrected chi connectivity index (χ2v) is 9.11. The lowest BCUT2D eigenvalue weighted by molar-refractivity contribution is -0.139. The van der Waals surface area contributed by atoms with Crippen LogP contribution in [-0.2, 0) is 21.1 Å². The molecule has 0 aromatic heterocycles. The average Bonchev–Trinajstić information content (AvgIpc) is 2.77. The Kier molecular flexibility index (Phi) is 12.2. The molecule has 31 heavy (non-hydrogen) atoms. The lowest BCUT2D eigenvalue weighted by Gasteiger charge is -2.16. The van der Waals surface area contributed by atoms with Crippen LogP contribution in [0.2, 0.25) is 0 Å². The lowest BCUT2D eigenvalue weighted by Crippen LogP contribution is -2.42. The molecule has 2 rings (SSSR count). The highest BCUT2D eigenvalue weighted by Crippen LogP contribution is 2.14. The highest BCUT2D eigenvalue weighted by Gasteiger charge is 2.18. The number of carboxylic acid groups (broad SMARTS) is 2. The second kappa shape index (κ2) is 14.9. The van der Waals surface area contributed by atoms with E-state index in [2.05, 4.69) is 10.6 Å². The first-order valence-electron chi connectivity index (χ1n) is 10.2. The number of hydrogen-bond acceptors (Lipinski definition) is 6. The molecular weight excluding hydrogens is 432 g/mol. The zero-order valence-corrected chi connectivity index (χ0v) is 19.0. The molecule has 8 heteroatoms. The van der Waals surface area contributed by atoms with Gasteiger partial charge in [-0.2, -0.15) is 23.5 Å². The largest absolute Gasteiger partial charge is 0.480 e. The van der Waals surface area contributed by atoms with E-state index in [1.54, 1.807) is 23.5 Å². The van der Waals surface area contributed by atoms with Gasteiger partial charge in [0, 0.05) is 23.0 Å². The van der Waals surface area contributed by atoms with Gasteiger partial charge in [-0.3, -0.25) is 9.59 Å². The van der Waals surface area contributed by atoms with Gasteiger partial charge in [0.1, 0.15) is 12.1 Å². The molecule has 4 N–H and O–H groups in total. The van der Waals surface area contributed by atoms with E-state index in [-0.39, 0.29) is 0 Å². The Morgan fingerprint density at radius 1 is 0.710 bits per heavy atom. The Labute approximate surface area is 192 Å². The monoisotopic (exact) mass is 462 g/mol. The first-order valence-corrected chi connectivity index (χ1v) is 12.5. The topological polar surface area (TPSA) is 98.7 Å². The molecular formula is C23H30N2O4S2. The first kappa shape index (κ1) is 25.3. The van der Waals surface area contributed by atoms with Crippen molar-refractivity contribution in [3.8, 4) is 0 Å². The van der Waals surface area contributed by atoms with Gasteiger partial charge < -0.3 is 20.8 Å². The molecule has 2 atom stereocenters. The molecule has 0 aliphatic carbocycles. The van der Waals surface area contributed by atoms with E-state index in [0.717, 1.165) is 11.5 Å². The summed E-state index contributed by atoms with van der Waals surface area (Å²) in [5.74, 6) is 0.768. The molecule has 0 fully saturated rings. The highest BCUT2D eigenvalue weighted by atomic mass is 32.2. The van der Waals surface area contributed by atoms with Gasteiger partial charge in [0.05, 0.1) is 0 Å². The van der Waals surface area contributed by atoms with Gasteiger partial charge in [0.15, 0.2) is 0 Å². The van der Waals surface area contributed by atoms with Crippen LogP contribution in [0, 0.1) is 0 Å². The second-order valence-electron chi connectivity index (χ2n) is 7.04. The van der Waals surface area contributed by atoms with E-state index in [0.29, 0.717) is 31.0 Å². The molecule has 168 valence electrons. The third-order valence-electron chi connectivity index (χ3n) is 4.52. The molecule has 0 amide bonds. The number of rotatable bonds is 16. The third kappa shape index (κ3) is 10.7. The predicted molar refractivity (Wildman–Crippen MR) is 129 cm³/mol. The maximum absolute atomic E-state index is 11.5. The minimum Gasteiger partial charge on any atom is -0.480 e. The van der Waals surface area contributed by atoms with Crippen molar-refractivity contribution in [3.63, 3.8) is 0 Å². The minimum absolute atomic E-state index is 0.478. The van der Waals surface area contributed by atoms with Crippen LogP contribution in [0.15, 0.2) is 60.7 Å². The molecule has 0 aliphatic rings. The zero-order chi connectivity index (χ0) is 22.3. The molecule has 0 bridgehead atoms. The van der Waals surface area contributed by atoms with Crippen LogP contribution in [0.25, 0.3) is 0 Å². The van der Waals surface area contributed by atoms with Crippen molar-refractivity contribution in [1.29, 1.82) is 0 Å². The van der Waals surface area contributed by atoms with Crippen LogP contribution < -0.4 is 10.6 Å². The van der Waals surface area contributed by atoms with Crippen molar-refractivity contribution < 1.29 is 19.8 Å². The quantitative estimate of drug-likeness (QED) is 0.282. The molecule has 0 aliphatic heterocycles. The summed E-state index contributed by atoms with van der Waals surface area (Å²) >= 11 is 3.17. The maximum Gasteiger partial charge on any atom is 0.321 e. The summed E-state index contributed by atoms with van der Waals surface area (Å²) in [5.41, 5.74) is 2.34. The fourth-order valence-corrected chi connectivity index (χ4v) is 4.90. The molecule has 2 aromatic carbocycles. The van der Waals surface area contributed by atoms with Crippen LogP contribution in [0.3, 0.4) is 0 Å². The summed E-state index contributed by atoms with van der Waals surface area (Å²) in [4.78, 5) is 22.9. The van der Waals surface area contributed by atoms with Crippen molar-refractivity contribution >= 4 is 35.5 Å². The van der Waals surface area contributed by atoms with E-state index in [1.807, 2.05) is 60.7 Å². The number of thioether (sulfide) groups is 2. The Hall–Kier alpha value is -2.00. The predicted octanol–water partition coefficient (Wildman–Crippen LogP) is 3.33. The standard InChI is InChI=1S/C23H30N2O4S2/c26-22(27)20(16-30-14-18-8-3-1-4-9-18)24-12-7-13-25-21(23(28)29)17-31-15-19-10-5-2-6-11-19/h1-6,8-11,20-21,24-25H,7,12-17H2,(H,26,27)(H,28,29)/t20-,21-/m0/s1. The summed E-state index contributed by atoms with van der Waals surface area (Å²) < 4.78 is 0. The van der Waals surface area contributed by atoms with E-state index in [9.17, 15) is 19.8 Å². The molecule has 6 nitrogen and oxygen atoms in total. The first-order chi connectivity index (χ1) is 15.1. The molecule has 0 spiro atoms. The van der Waals surface area contributed by atoms with Gasteiger partial charge in [0.25, 0.3) is 0 Å². The van der Waals surface area contributed by atoms with E-state index in [4.69, 9.17) is 0 Å². The number of benzene rings is 2. The molecule has 0 saturated heterocycles. The SMILES string of the molecule is O=C(O)[C@H](CSCc1ccccc1)NCCCN[C@@H](CSCc1ccccc1)C(=O)O. The normalized spacial score (nSPS) is 12.9. The number of carboxylic acids is 2. The Balaban J connectivity index is 1.61. The van der Waals surface area contributed by atoms with Crippen LogP contribution in [-0.4, -0.2) is 58.8 Å². The van der Waals surface area contributed by atoms with Crippen LogP contribution in [0.4, 0.5) is 0 Å². The van der Waals surface area contributed by atoms with Gasteiger partial charge >= 0.3 is 11.9 Å². The summed E-state index contributed by atoms with van der Waals surface area (Å²) in [5, 5.41) is 24.9. The Morgan fingerprint density at radius 3 is 1.45 bits per heavy atom. The number of aliphatic carboxylic acids is 2.